The number of thioether (sulfide) groups is 1. The number of hydrogen-bond donors (Lipinski definition) is 0. The number of carbonyl (C=O) groups is 1. The fourth-order valence-corrected chi connectivity index (χ4v) is 4.82. The van der Waals surface area contributed by atoms with E-state index in [1.165, 1.54) is 17.3 Å². The zero-order valence-electron chi connectivity index (χ0n) is 20.6. The SMILES string of the molecule is CCOc1cc(-c2nnc(SC(C)C(=O)N3CCCc4ccccc43)o2)cc(OCC)c1OCC. The van der Waals surface area contributed by atoms with Gasteiger partial charge in [-0.3, -0.25) is 4.79 Å². The molecule has 0 spiro atoms. The Morgan fingerprint density at radius 2 is 1.74 bits per heavy atom. The smallest absolute Gasteiger partial charge is 0.277 e. The van der Waals surface area contributed by atoms with Gasteiger partial charge in [-0.2, -0.15) is 0 Å². The molecule has 0 N–H and O–H groups in total. The zero-order valence-corrected chi connectivity index (χ0v) is 21.4. The number of nitrogens with zero attached hydrogens (tertiary/aromatic N) is 3. The number of benzene rings is 2. The number of ether oxygens (including phenoxy) is 3. The Morgan fingerprint density at radius 1 is 1.06 bits per heavy atom. The Balaban J connectivity index is 1.54. The lowest BCUT2D eigenvalue weighted by Gasteiger charge is -2.31. The van der Waals surface area contributed by atoms with Crippen molar-refractivity contribution in [3.05, 3.63) is 42.0 Å². The minimum Gasteiger partial charge on any atom is -0.490 e. The summed E-state index contributed by atoms with van der Waals surface area (Å²) < 4.78 is 23.3. The number of aromatic nitrogens is 2. The fourth-order valence-electron chi connectivity index (χ4n) is 4.07. The van der Waals surface area contributed by atoms with Crippen molar-refractivity contribution < 1.29 is 23.4 Å². The first-order chi connectivity index (χ1) is 17.0. The Hall–Kier alpha value is -3.20. The van der Waals surface area contributed by atoms with Gasteiger partial charge < -0.3 is 23.5 Å². The van der Waals surface area contributed by atoms with E-state index in [0.717, 1.165) is 18.5 Å². The van der Waals surface area contributed by atoms with E-state index in [1.54, 1.807) is 12.1 Å². The number of amides is 1. The van der Waals surface area contributed by atoms with Crippen molar-refractivity contribution in [2.75, 3.05) is 31.3 Å². The lowest BCUT2D eigenvalue weighted by atomic mass is 10.0. The van der Waals surface area contributed by atoms with Crippen molar-refractivity contribution in [3.8, 4) is 28.7 Å². The first-order valence-corrected chi connectivity index (χ1v) is 12.9. The van der Waals surface area contributed by atoms with Gasteiger partial charge in [-0.15, -0.1) is 10.2 Å². The van der Waals surface area contributed by atoms with Crippen LogP contribution in [0.1, 0.15) is 39.7 Å². The molecule has 0 saturated heterocycles. The van der Waals surface area contributed by atoms with Crippen LogP contribution in [0.3, 0.4) is 0 Å². The summed E-state index contributed by atoms with van der Waals surface area (Å²) in [5, 5.41) is 8.34. The van der Waals surface area contributed by atoms with Crippen LogP contribution in [0, 0.1) is 0 Å². The first-order valence-electron chi connectivity index (χ1n) is 12.0. The highest BCUT2D eigenvalue weighted by molar-refractivity contribution is 8.00. The largest absolute Gasteiger partial charge is 0.490 e. The molecule has 186 valence electrons. The molecule has 3 aromatic rings. The molecule has 1 amide bonds. The molecule has 0 bridgehead atoms. The van der Waals surface area contributed by atoms with Crippen molar-refractivity contribution in [3.63, 3.8) is 0 Å². The molecule has 2 heterocycles. The standard InChI is InChI=1S/C26H31N3O5S/c1-5-31-21-15-19(16-22(32-6-2)23(21)33-7-3)24-27-28-26(34-24)35-17(4)25(30)29-14-10-12-18-11-8-9-13-20(18)29/h8-9,11,13,15-17H,5-7,10,12,14H2,1-4H3. The average Bonchev–Trinajstić information content (AvgIpc) is 3.33. The van der Waals surface area contributed by atoms with Crippen molar-refractivity contribution in [2.24, 2.45) is 0 Å². The summed E-state index contributed by atoms with van der Waals surface area (Å²) in [6.45, 7) is 9.72. The van der Waals surface area contributed by atoms with Crippen LogP contribution in [0.25, 0.3) is 11.5 Å². The lowest BCUT2D eigenvalue weighted by Crippen LogP contribution is -2.40. The highest BCUT2D eigenvalue weighted by Crippen LogP contribution is 2.42. The number of hydrogen-bond acceptors (Lipinski definition) is 8. The Bertz CT molecular complexity index is 1140. The molecule has 0 fully saturated rings. The molecule has 0 aliphatic carbocycles. The van der Waals surface area contributed by atoms with Crippen molar-refractivity contribution in [1.29, 1.82) is 0 Å². The number of aryl methyl sites for hydroxylation is 1. The van der Waals surface area contributed by atoms with Crippen LogP contribution in [0.2, 0.25) is 0 Å². The molecule has 1 atom stereocenters. The summed E-state index contributed by atoms with van der Waals surface area (Å²) >= 11 is 1.26. The van der Waals surface area contributed by atoms with Crippen LogP contribution < -0.4 is 19.1 Å². The molecule has 35 heavy (non-hydrogen) atoms. The Labute approximate surface area is 210 Å². The summed E-state index contributed by atoms with van der Waals surface area (Å²) in [6, 6.07) is 11.7. The summed E-state index contributed by atoms with van der Waals surface area (Å²) in [6.07, 6.45) is 1.94. The average molecular weight is 498 g/mol. The van der Waals surface area contributed by atoms with Gasteiger partial charge in [0.1, 0.15) is 0 Å². The highest BCUT2D eigenvalue weighted by Gasteiger charge is 2.28. The second-order valence-electron chi connectivity index (χ2n) is 7.96. The molecule has 1 aliphatic heterocycles. The molecule has 2 aromatic carbocycles. The second-order valence-corrected chi connectivity index (χ2v) is 9.25. The fraction of sp³-hybridized carbons (Fsp3) is 0.423. The predicted molar refractivity (Wildman–Crippen MR) is 136 cm³/mol. The van der Waals surface area contributed by atoms with Gasteiger partial charge in [0.25, 0.3) is 5.22 Å². The second kappa shape index (κ2) is 11.5. The molecular weight excluding hydrogens is 466 g/mol. The Kier molecular flexibility index (Phi) is 8.17. The normalized spacial score (nSPS) is 13.8. The van der Waals surface area contributed by atoms with Gasteiger partial charge in [-0.1, -0.05) is 30.0 Å². The van der Waals surface area contributed by atoms with Gasteiger partial charge in [0.2, 0.25) is 17.5 Å². The predicted octanol–water partition coefficient (Wildman–Crippen LogP) is 5.39. The van der Waals surface area contributed by atoms with E-state index in [4.69, 9.17) is 18.6 Å². The third kappa shape index (κ3) is 5.56. The van der Waals surface area contributed by atoms with E-state index >= 15 is 0 Å². The number of anilines is 1. The third-order valence-corrected chi connectivity index (χ3v) is 6.49. The van der Waals surface area contributed by atoms with E-state index in [2.05, 4.69) is 16.3 Å². The maximum Gasteiger partial charge on any atom is 0.277 e. The summed E-state index contributed by atoms with van der Waals surface area (Å²) in [7, 11) is 0. The monoisotopic (exact) mass is 497 g/mol. The molecule has 1 aliphatic rings. The maximum atomic E-state index is 13.2. The number of fused-ring (bicyclic) bond motifs is 1. The van der Waals surface area contributed by atoms with Crippen LogP contribution in [0.15, 0.2) is 46.0 Å². The molecular formula is C26H31N3O5S. The van der Waals surface area contributed by atoms with Crippen LogP contribution in [-0.4, -0.2) is 47.7 Å². The number of carbonyl (C=O) groups excluding carboxylic acids is 1. The van der Waals surface area contributed by atoms with Gasteiger partial charge in [-0.05, 0) is 64.3 Å². The minimum absolute atomic E-state index is 0.0280. The van der Waals surface area contributed by atoms with Crippen molar-refractivity contribution >= 4 is 23.4 Å². The molecule has 1 unspecified atom stereocenters. The first kappa shape index (κ1) is 24.9. The summed E-state index contributed by atoms with van der Waals surface area (Å²) in [5.41, 5.74) is 2.85. The van der Waals surface area contributed by atoms with Gasteiger partial charge in [0.05, 0.1) is 25.1 Å². The van der Waals surface area contributed by atoms with Crippen molar-refractivity contribution in [2.45, 2.75) is 51.0 Å². The van der Waals surface area contributed by atoms with Gasteiger partial charge in [0.15, 0.2) is 11.5 Å². The van der Waals surface area contributed by atoms with Crippen LogP contribution in [0.4, 0.5) is 5.69 Å². The summed E-state index contributed by atoms with van der Waals surface area (Å²) in [4.78, 5) is 15.1. The van der Waals surface area contributed by atoms with E-state index in [-0.39, 0.29) is 11.2 Å². The highest BCUT2D eigenvalue weighted by atomic mass is 32.2. The third-order valence-electron chi connectivity index (χ3n) is 5.56. The Morgan fingerprint density at radius 3 is 2.43 bits per heavy atom. The van der Waals surface area contributed by atoms with E-state index in [0.29, 0.717) is 60.3 Å². The van der Waals surface area contributed by atoms with E-state index in [9.17, 15) is 4.79 Å². The molecule has 1 aromatic heterocycles. The zero-order chi connectivity index (χ0) is 24.8. The number of rotatable bonds is 10. The van der Waals surface area contributed by atoms with Gasteiger partial charge >= 0.3 is 0 Å². The molecule has 4 rings (SSSR count). The molecule has 8 nitrogen and oxygen atoms in total. The topological polar surface area (TPSA) is 86.9 Å². The number of para-hydroxylation sites is 1. The van der Waals surface area contributed by atoms with E-state index in [1.807, 2.05) is 50.8 Å². The molecule has 9 heteroatoms. The maximum absolute atomic E-state index is 13.2. The molecule has 0 radical (unpaired) electrons. The quantitative estimate of drug-likeness (QED) is 0.345. The van der Waals surface area contributed by atoms with Gasteiger partial charge in [-0.25, -0.2) is 0 Å². The van der Waals surface area contributed by atoms with Crippen LogP contribution in [-0.2, 0) is 11.2 Å². The van der Waals surface area contributed by atoms with Crippen LogP contribution >= 0.6 is 11.8 Å². The van der Waals surface area contributed by atoms with Crippen molar-refractivity contribution in [1.82, 2.24) is 10.2 Å². The summed E-state index contributed by atoms with van der Waals surface area (Å²) in [5.74, 6) is 2.00. The minimum atomic E-state index is -0.382. The van der Waals surface area contributed by atoms with Crippen LogP contribution in [0.5, 0.6) is 17.2 Å². The van der Waals surface area contributed by atoms with Gasteiger partial charge in [0, 0.05) is 17.8 Å². The lowest BCUT2D eigenvalue weighted by molar-refractivity contribution is -0.117. The van der Waals surface area contributed by atoms with E-state index < -0.39 is 0 Å². The molecule has 0 saturated carbocycles.